The number of nitrogens with zero attached hydrogens (tertiary/aromatic N) is 4. The van der Waals surface area contributed by atoms with Crippen LogP contribution in [0.1, 0.15) is 16.8 Å². The Bertz CT molecular complexity index is 845. The fraction of sp³-hybridized carbons (Fsp3) is 0.588. The molecule has 0 spiro atoms. The van der Waals surface area contributed by atoms with Crippen molar-refractivity contribution in [2.45, 2.75) is 6.42 Å². The molecule has 0 saturated carbocycles. The summed E-state index contributed by atoms with van der Waals surface area (Å²) in [5.41, 5.74) is 0.243. The molecule has 3 heterocycles. The molecule has 1 aromatic heterocycles. The summed E-state index contributed by atoms with van der Waals surface area (Å²) in [6, 6.07) is 3.12. The van der Waals surface area contributed by atoms with Gasteiger partial charge in [-0.3, -0.25) is 19.5 Å². The van der Waals surface area contributed by atoms with Crippen molar-refractivity contribution in [2.75, 3.05) is 58.4 Å². The minimum atomic E-state index is -3.01. The van der Waals surface area contributed by atoms with Gasteiger partial charge in [-0.2, -0.15) is 4.98 Å². The SMILES string of the molecule is COc1ccc(C(=O)N2CCCN2C(=O)CN2CCS(=O)(=O)CC2)c(OC)n1. The Morgan fingerprint density at radius 2 is 1.71 bits per heavy atom. The Morgan fingerprint density at radius 3 is 2.36 bits per heavy atom. The standard InChI is InChI=1S/C17H24N4O6S/c1-26-14-5-4-13(16(18-14)27-2)17(23)21-7-3-6-20(21)15(22)12-19-8-10-28(24,25)11-9-19/h4-5H,3,6-12H2,1-2H3. The summed E-state index contributed by atoms with van der Waals surface area (Å²) in [5.74, 6) is -0.0488. The van der Waals surface area contributed by atoms with Crippen molar-refractivity contribution in [1.82, 2.24) is 19.9 Å². The Hall–Kier alpha value is -2.40. The summed E-state index contributed by atoms with van der Waals surface area (Å²) in [6.07, 6.45) is 0.664. The lowest BCUT2D eigenvalue weighted by atomic mass is 10.2. The number of carbonyl (C=O) groups excluding carboxylic acids is 2. The molecule has 2 fully saturated rings. The largest absolute Gasteiger partial charge is 0.481 e. The van der Waals surface area contributed by atoms with Crippen LogP contribution >= 0.6 is 0 Å². The van der Waals surface area contributed by atoms with E-state index in [-0.39, 0.29) is 41.3 Å². The predicted octanol–water partition coefficient (Wildman–Crippen LogP) is -0.581. The molecular weight excluding hydrogens is 388 g/mol. The van der Waals surface area contributed by atoms with Gasteiger partial charge in [0.05, 0.1) is 32.3 Å². The Morgan fingerprint density at radius 1 is 1.04 bits per heavy atom. The molecule has 2 amide bonds. The lowest BCUT2D eigenvalue weighted by Gasteiger charge is -2.32. The van der Waals surface area contributed by atoms with E-state index < -0.39 is 9.84 Å². The van der Waals surface area contributed by atoms with Crippen LogP contribution < -0.4 is 9.47 Å². The number of pyridine rings is 1. The number of hydrogen-bond acceptors (Lipinski definition) is 8. The normalized spacial score (nSPS) is 19.5. The Balaban J connectivity index is 1.70. The van der Waals surface area contributed by atoms with Gasteiger partial charge >= 0.3 is 0 Å². The van der Waals surface area contributed by atoms with Crippen molar-refractivity contribution in [3.05, 3.63) is 17.7 Å². The van der Waals surface area contributed by atoms with Gasteiger partial charge in [-0.1, -0.05) is 0 Å². The average molecular weight is 412 g/mol. The number of hydrogen-bond donors (Lipinski definition) is 0. The van der Waals surface area contributed by atoms with Gasteiger partial charge in [0, 0.05) is 32.2 Å². The minimum Gasteiger partial charge on any atom is -0.481 e. The van der Waals surface area contributed by atoms with Crippen molar-refractivity contribution in [2.24, 2.45) is 0 Å². The van der Waals surface area contributed by atoms with E-state index in [0.29, 0.717) is 38.5 Å². The van der Waals surface area contributed by atoms with Crippen LogP contribution in [0, 0.1) is 0 Å². The first-order chi connectivity index (χ1) is 13.3. The highest BCUT2D eigenvalue weighted by Crippen LogP contribution is 2.24. The van der Waals surface area contributed by atoms with Crippen LogP contribution in [0.4, 0.5) is 0 Å². The van der Waals surface area contributed by atoms with E-state index in [4.69, 9.17) is 9.47 Å². The second-order valence-corrected chi connectivity index (χ2v) is 8.94. The van der Waals surface area contributed by atoms with E-state index in [1.54, 1.807) is 17.0 Å². The van der Waals surface area contributed by atoms with Gasteiger partial charge in [-0.25, -0.2) is 13.4 Å². The zero-order valence-corrected chi connectivity index (χ0v) is 16.8. The van der Waals surface area contributed by atoms with E-state index in [9.17, 15) is 18.0 Å². The third-order valence-corrected chi connectivity index (χ3v) is 6.43. The van der Waals surface area contributed by atoms with E-state index in [1.807, 2.05) is 0 Å². The highest BCUT2D eigenvalue weighted by atomic mass is 32.2. The maximum atomic E-state index is 13.0. The summed E-state index contributed by atoms with van der Waals surface area (Å²) in [5, 5.41) is 2.82. The second kappa shape index (κ2) is 8.31. The van der Waals surface area contributed by atoms with Gasteiger partial charge in [0.1, 0.15) is 5.56 Å². The molecule has 0 atom stereocenters. The van der Waals surface area contributed by atoms with Crippen molar-refractivity contribution in [3.8, 4) is 11.8 Å². The number of carbonyl (C=O) groups is 2. The van der Waals surface area contributed by atoms with Crippen LogP contribution in [0.2, 0.25) is 0 Å². The first-order valence-corrected chi connectivity index (χ1v) is 10.8. The summed E-state index contributed by atoms with van der Waals surface area (Å²) in [4.78, 5) is 31.7. The van der Waals surface area contributed by atoms with Crippen molar-refractivity contribution in [3.63, 3.8) is 0 Å². The highest BCUT2D eigenvalue weighted by molar-refractivity contribution is 7.91. The molecule has 0 bridgehead atoms. The maximum Gasteiger partial charge on any atom is 0.277 e. The summed E-state index contributed by atoms with van der Waals surface area (Å²) in [7, 11) is -0.126. The van der Waals surface area contributed by atoms with Crippen molar-refractivity contribution < 1.29 is 27.5 Å². The zero-order chi connectivity index (χ0) is 20.3. The molecule has 154 valence electrons. The maximum absolute atomic E-state index is 13.0. The molecule has 0 N–H and O–H groups in total. The lowest BCUT2D eigenvalue weighted by molar-refractivity contribution is -0.141. The molecule has 0 aromatic carbocycles. The fourth-order valence-electron chi connectivity index (χ4n) is 3.26. The summed E-state index contributed by atoms with van der Waals surface area (Å²) >= 11 is 0. The van der Waals surface area contributed by atoms with Crippen LogP contribution in [0.5, 0.6) is 11.8 Å². The molecule has 2 saturated heterocycles. The molecule has 28 heavy (non-hydrogen) atoms. The molecule has 3 rings (SSSR count). The summed E-state index contributed by atoms with van der Waals surface area (Å²) < 4.78 is 33.3. The van der Waals surface area contributed by atoms with Gasteiger partial charge in [-0.15, -0.1) is 0 Å². The van der Waals surface area contributed by atoms with Crippen LogP contribution in [0.3, 0.4) is 0 Å². The zero-order valence-electron chi connectivity index (χ0n) is 16.0. The number of amides is 2. The Kier molecular flexibility index (Phi) is 6.04. The molecule has 0 aliphatic carbocycles. The van der Waals surface area contributed by atoms with Gasteiger partial charge < -0.3 is 9.47 Å². The Labute approximate surface area is 163 Å². The number of ether oxygens (including phenoxy) is 2. The molecule has 11 heteroatoms. The number of rotatable bonds is 5. The van der Waals surface area contributed by atoms with E-state index >= 15 is 0 Å². The van der Waals surface area contributed by atoms with Gasteiger partial charge in [-0.05, 0) is 12.5 Å². The van der Waals surface area contributed by atoms with Gasteiger partial charge in [0.2, 0.25) is 11.8 Å². The number of aromatic nitrogens is 1. The molecule has 10 nitrogen and oxygen atoms in total. The van der Waals surface area contributed by atoms with Gasteiger partial charge in [0.15, 0.2) is 9.84 Å². The molecule has 0 unspecified atom stereocenters. The van der Waals surface area contributed by atoms with Gasteiger partial charge in [0.25, 0.3) is 11.8 Å². The quantitative estimate of drug-likeness (QED) is 0.632. The van der Waals surface area contributed by atoms with E-state index in [1.165, 1.54) is 24.2 Å². The van der Waals surface area contributed by atoms with Crippen LogP contribution in [0.25, 0.3) is 0 Å². The first-order valence-electron chi connectivity index (χ1n) is 8.98. The molecule has 1 aromatic rings. The number of hydrazine groups is 1. The topological polar surface area (TPSA) is 109 Å². The van der Waals surface area contributed by atoms with E-state index in [0.717, 1.165) is 0 Å². The van der Waals surface area contributed by atoms with Crippen LogP contribution in [-0.2, 0) is 14.6 Å². The summed E-state index contributed by atoms with van der Waals surface area (Å²) in [6.45, 7) is 1.58. The molecule has 2 aliphatic heterocycles. The second-order valence-electron chi connectivity index (χ2n) is 6.64. The number of sulfone groups is 1. The fourth-order valence-corrected chi connectivity index (χ4v) is 4.53. The monoisotopic (exact) mass is 412 g/mol. The predicted molar refractivity (Wildman–Crippen MR) is 99.8 cm³/mol. The molecule has 0 radical (unpaired) electrons. The first kappa shape index (κ1) is 20.3. The van der Waals surface area contributed by atoms with Crippen LogP contribution in [0.15, 0.2) is 12.1 Å². The lowest BCUT2D eigenvalue weighted by Crippen LogP contribution is -2.51. The van der Waals surface area contributed by atoms with Crippen LogP contribution in [-0.4, -0.2) is 98.6 Å². The molecule has 2 aliphatic rings. The third kappa shape index (κ3) is 4.36. The smallest absolute Gasteiger partial charge is 0.277 e. The molecular formula is C17H24N4O6S. The highest BCUT2D eigenvalue weighted by Gasteiger charge is 2.34. The van der Waals surface area contributed by atoms with E-state index in [2.05, 4.69) is 4.98 Å². The number of methoxy groups -OCH3 is 2. The average Bonchev–Trinajstić information content (AvgIpc) is 3.18. The third-order valence-electron chi connectivity index (χ3n) is 4.82. The van der Waals surface area contributed by atoms with Crippen molar-refractivity contribution in [1.29, 1.82) is 0 Å². The minimum absolute atomic E-state index is 0.0532. The van der Waals surface area contributed by atoms with Crippen molar-refractivity contribution >= 4 is 21.7 Å².